The molecule has 1 unspecified atom stereocenters. The number of oxazole rings is 1. The SMILES string of the molecule is CC1(C)CN(Cc2ncc(-c3cccc(Cl)c3)o2)CCC1N. The molecule has 118 valence electrons. The molecular weight excluding hydrogens is 298 g/mol. The van der Waals surface area contributed by atoms with Gasteiger partial charge in [-0.15, -0.1) is 0 Å². The zero-order chi connectivity index (χ0) is 15.7. The Morgan fingerprint density at radius 1 is 1.45 bits per heavy atom. The van der Waals surface area contributed by atoms with Crippen LogP contribution in [0.4, 0.5) is 0 Å². The Morgan fingerprint density at radius 3 is 3.00 bits per heavy atom. The fraction of sp³-hybridized carbons (Fsp3) is 0.471. The van der Waals surface area contributed by atoms with Gasteiger partial charge in [-0.25, -0.2) is 4.98 Å². The van der Waals surface area contributed by atoms with E-state index in [1.807, 2.05) is 24.3 Å². The van der Waals surface area contributed by atoms with Crippen LogP contribution in [0.1, 0.15) is 26.2 Å². The maximum Gasteiger partial charge on any atom is 0.209 e. The number of benzene rings is 1. The van der Waals surface area contributed by atoms with Gasteiger partial charge in [0.2, 0.25) is 5.89 Å². The summed E-state index contributed by atoms with van der Waals surface area (Å²) in [5, 5.41) is 0.696. The van der Waals surface area contributed by atoms with Gasteiger partial charge in [0.1, 0.15) is 0 Å². The Kier molecular flexibility index (Phi) is 4.26. The second-order valence-corrected chi connectivity index (χ2v) is 7.16. The van der Waals surface area contributed by atoms with Gasteiger partial charge >= 0.3 is 0 Å². The van der Waals surface area contributed by atoms with Crippen molar-refractivity contribution in [3.8, 4) is 11.3 Å². The van der Waals surface area contributed by atoms with Crippen molar-refractivity contribution in [1.29, 1.82) is 0 Å². The Balaban J connectivity index is 1.70. The summed E-state index contributed by atoms with van der Waals surface area (Å²) >= 11 is 6.02. The lowest BCUT2D eigenvalue weighted by Crippen LogP contribution is -2.52. The van der Waals surface area contributed by atoms with Crippen LogP contribution in [0.5, 0.6) is 0 Å². The van der Waals surface area contributed by atoms with Crippen molar-refractivity contribution in [1.82, 2.24) is 9.88 Å². The molecule has 1 aliphatic rings. The topological polar surface area (TPSA) is 55.3 Å². The number of hydrogen-bond donors (Lipinski definition) is 1. The fourth-order valence-corrected chi connectivity index (χ4v) is 3.16. The first-order valence-electron chi connectivity index (χ1n) is 7.63. The van der Waals surface area contributed by atoms with E-state index in [9.17, 15) is 0 Å². The summed E-state index contributed by atoms with van der Waals surface area (Å²) in [5.41, 5.74) is 7.26. The molecule has 0 saturated carbocycles. The maximum absolute atomic E-state index is 6.18. The van der Waals surface area contributed by atoms with Gasteiger partial charge in [0.05, 0.1) is 12.7 Å². The molecule has 0 bridgehead atoms. The summed E-state index contributed by atoms with van der Waals surface area (Å²) in [6, 6.07) is 7.87. The Morgan fingerprint density at radius 2 is 2.27 bits per heavy atom. The molecule has 0 radical (unpaired) electrons. The van der Waals surface area contributed by atoms with Crippen LogP contribution in [-0.4, -0.2) is 29.0 Å². The minimum absolute atomic E-state index is 0.126. The summed E-state index contributed by atoms with van der Waals surface area (Å²) in [5.74, 6) is 1.49. The van der Waals surface area contributed by atoms with E-state index < -0.39 is 0 Å². The molecule has 0 aliphatic carbocycles. The standard InChI is InChI=1S/C17H22ClN3O/c1-17(2)11-21(7-6-15(17)19)10-16-20-9-14(22-16)12-4-3-5-13(18)8-12/h3-5,8-9,15H,6-7,10-11,19H2,1-2H3. The van der Waals surface area contributed by atoms with Gasteiger partial charge < -0.3 is 10.2 Å². The minimum Gasteiger partial charge on any atom is -0.439 e. The predicted molar refractivity (Wildman–Crippen MR) is 88.6 cm³/mol. The molecule has 2 aromatic rings. The van der Waals surface area contributed by atoms with Gasteiger partial charge in [-0.1, -0.05) is 37.6 Å². The highest BCUT2D eigenvalue weighted by molar-refractivity contribution is 6.30. The summed E-state index contributed by atoms with van der Waals surface area (Å²) in [6.45, 7) is 7.10. The van der Waals surface area contributed by atoms with Gasteiger partial charge in [-0.05, 0) is 24.0 Å². The van der Waals surface area contributed by atoms with Gasteiger partial charge in [0, 0.05) is 29.7 Å². The van der Waals surface area contributed by atoms with Crippen LogP contribution in [0.3, 0.4) is 0 Å². The van der Waals surface area contributed by atoms with Crippen molar-refractivity contribution in [2.45, 2.75) is 32.9 Å². The molecule has 5 heteroatoms. The molecule has 1 atom stereocenters. The van der Waals surface area contributed by atoms with Crippen molar-refractivity contribution in [3.63, 3.8) is 0 Å². The normalized spacial score (nSPS) is 21.9. The maximum atomic E-state index is 6.18. The van der Waals surface area contributed by atoms with Crippen molar-refractivity contribution in [3.05, 3.63) is 41.4 Å². The van der Waals surface area contributed by atoms with Gasteiger partial charge in [0.25, 0.3) is 0 Å². The van der Waals surface area contributed by atoms with Crippen LogP contribution < -0.4 is 5.73 Å². The Labute approximate surface area is 136 Å². The van der Waals surface area contributed by atoms with Crippen molar-refractivity contribution < 1.29 is 4.42 Å². The van der Waals surface area contributed by atoms with E-state index in [0.717, 1.165) is 43.3 Å². The van der Waals surface area contributed by atoms with E-state index in [0.29, 0.717) is 5.02 Å². The average Bonchev–Trinajstić information content (AvgIpc) is 2.91. The predicted octanol–water partition coefficient (Wildman–Crippen LogP) is 3.55. The highest BCUT2D eigenvalue weighted by Crippen LogP contribution is 2.29. The van der Waals surface area contributed by atoms with Crippen molar-refractivity contribution in [2.24, 2.45) is 11.1 Å². The lowest BCUT2D eigenvalue weighted by molar-refractivity contribution is 0.0832. The molecule has 3 rings (SSSR count). The van der Waals surface area contributed by atoms with Gasteiger partial charge in [0.15, 0.2) is 5.76 Å². The van der Waals surface area contributed by atoms with Crippen LogP contribution >= 0.6 is 11.6 Å². The highest BCUT2D eigenvalue weighted by Gasteiger charge is 2.33. The molecule has 22 heavy (non-hydrogen) atoms. The number of nitrogens with two attached hydrogens (primary N) is 1. The van der Waals surface area contributed by atoms with E-state index in [2.05, 4.69) is 23.7 Å². The third-order valence-corrected chi connectivity index (χ3v) is 4.65. The van der Waals surface area contributed by atoms with Crippen molar-refractivity contribution >= 4 is 11.6 Å². The van der Waals surface area contributed by atoms with Gasteiger partial charge in [-0.3, -0.25) is 4.90 Å². The van der Waals surface area contributed by atoms with Gasteiger partial charge in [-0.2, -0.15) is 0 Å². The molecule has 1 saturated heterocycles. The quantitative estimate of drug-likeness (QED) is 0.940. The monoisotopic (exact) mass is 319 g/mol. The first-order chi connectivity index (χ1) is 10.4. The molecule has 1 aromatic carbocycles. The average molecular weight is 320 g/mol. The largest absolute Gasteiger partial charge is 0.439 e. The molecule has 1 aliphatic heterocycles. The molecule has 4 nitrogen and oxygen atoms in total. The number of rotatable bonds is 3. The van der Waals surface area contributed by atoms with Crippen LogP contribution in [0, 0.1) is 5.41 Å². The van der Waals surface area contributed by atoms with Crippen LogP contribution in [-0.2, 0) is 6.54 Å². The van der Waals surface area contributed by atoms with E-state index in [1.165, 1.54) is 0 Å². The van der Waals surface area contributed by atoms with E-state index in [1.54, 1.807) is 6.20 Å². The first kappa shape index (κ1) is 15.5. The second-order valence-electron chi connectivity index (χ2n) is 6.72. The van der Waals surface area contributed by atoms with E-state index in [4.69, 9.17) is 21.8 Å². The molecule has 2 heterocycles. The zero-order valence-corrected chi connectivity index (χ0v) is 13.8. The van der Waals surface area contributed by atoms with Crippen LogP contribution in [0.25, 0.3) is 11.3 Å². The summed E-state index contributed by atoms with van der Waals surface area (Å²) < 4.78 is 5.88. The summed E-state index contributed by atoms with van der Waals surface area (Å²) in [6.07, 6.45) is 2.77. The Bertz CT molecular complexity index is 653. The van der Waals surface area contributed by atoms with E-state index >= 15 is 0 Å². The number of halogens is 1. The number of aromatic nitrogens is 1. The molecule has 2 N–H and O–H groups in total. The number of piperidine rings is 1. The van der Waals surface area contributed by atoms with Crippen LogP contribution in [0.15, 0.2) is 34.9 Å². The third-order valence-electron chi connectivity index (χ3n) is 4.41. The molecule has 0 amide bonds. The third kappa shape index (κ3) is 3.35. The molecule has 1 aromatic heterocycles. The number of hydrogen-bond acceptors (Lipinski definition) is 4. The number of nitrogens with zero attached hydrogens (tertiary/aromatic N) is 2. The summed E-state index contributed by atoms with van der Waals surface area (Å²) in [7, 11) is 0. The lowest BCUT2D eigenvalue weighted by Gasteiger charge is -2.42. The lowest BCUT2D eigenvalue weighted by atomic mass is 9.80. The highest BCUT2D eigenvalue weighted by atomic mass is 35.5. The fourth-order valence-electron chi connectivity index (χ4n) is 2.97. The number of likely N-dealkylation sites (tertiary alicyclic amines) is 1. The van der Waals surface area contributed by atoms with E-state index in [-0.39, 0.29) is 11.5 Å². The minimum atomic E-state index is 0.126. The Hall–Kier alpha value is -1.36. The van der Waals surface area contributed by atoms with Crippen molar-refractivity contribution in [2.75, 3.05) is 13.1 Å². The molecular formula is C17H22ClN3O. The molecule has 0 spiro atoms. The smallest absolute Gasteiger partial charge is 0.209 e. The second kappa shape index (κ2) is 6.03. The summed E-state index contributed by atoms with van der Waals surface area (Å²) in [4.78, 5) is 6.76. The molecule has 1 fully saturated rings. The van der Waals surface area contributed by atoms with Crippen LogP contribution in [0.2, 0.25) is 5.02 Å². The zero-order valence-electron chi connectivity index (χ0n) is 13.1. The first-order valence-corrected chi connectivity index (χ1v) is 8.00.